The van der Waals surface area contributed by atoms with Crippen LogP contribution < -0.4 is 10.6 Å². The molecule has 0 fully saturated rings. The molecule has 2 aliphatic heterocycles. The van der Waals surface area contributed by atoms with E-state index in [4.69, 9.17) is 0 Å². The average molecular weight is 138 g/mol. The first-order valence-corrected chi connectivity index (χ1v) is 3.58. The molecule has 2 heterocycles. The van der Waals surface area contributed by atoms with E-state index in [0.29, 0.717) is 12.2 Å². The summed E-state index contributed by atoms with van der Waals surface area (Å²) in [7, 11) is 0. The van der Waals surface area contributed by atoms with Crippen molar-refractivity contribution in [2.24, 2.45) is 0 Å². The maximum atomic E-state index is 11.1. The van der Waals surface area contributed by atoms with Crippen molar-refractivity contribution in [2.45, 2.75) is 6.42 Å². The molecular weight excluding hydrogens is 128 g/mol. The molecular formula is C7H10N2O. The van der Waals surface area contributed by atoms with E-state index in [9.17, 15) is 4.79 Å². The van der Waals surface area contributed by atoms with Gasteiger partial charge in [0.2, 0.25) is 0 Å². The summed E-state index contributed by atoms with van der Waals surface area (Å²) in [4.78, 5) is 11.1. The lowest BCUT2D eigenvalue weighted by molar-refractivity contribution is -0.115. The van der Waals surface area contributed by atoms with E-state index < -0.39 is 0 Å². The van der Waals surface area contributed by atoms with Crippen LogP contribution in [0.1, 0.15) is 6.42 Å². The SMILES string of the molecule is O=C1CCNC2=C1CNC2. The number of ketones is 1. The summed E-state index contributed by atoms with van der Waals surface area (Å²) in [5.41, 5.74) is 2.10. The number of carbonyl (C=O) groups excluding carboxylic acids is 1. The molecule has 0 aromatic rings. The molecule has 0 atom stereocenters. The Kier molecular flexibility index (Phi) is 1.24. The predicted molar refractivity (Wildman–Crippen MR) is 37.5 cm³/mol. The van der Waals surface area contributed by atoms with Crippen LogP contribution in [-0.2, 0) is 4.79 Å². The Balaban J connectivity index is 2.31. The third-order valence-corrected chi connectivity index (χ3v) is 1.99. The van der Waals surface area contributed by atoms with Gasteiger partial charge in [0.25, 0.3) is 0 Å². The minimum atomic E-state index is 0.318. The molecule has 10 heavy (non-hydrogen) atoms. The standard InChI is InChI=1S/C7H10N2O/c10-7-1-2-9-6-4-8-3-5(6)7/h8-9H,1-4H2. The molecule has 54 valence electrons. The minimum absolute atomic E-state index is 0.318. The van der Waals surface area contributed by atoms with Gasteiger partial charge in [0, 0.05) is 37.3 Å². The number of carbonyl (C=O) groups is 1. The fraction of sp³-hybridized carbons (Fsp3) is 0.571. The number of Topliss-reactive ketones (excluding diaryl/α,β-unsaturated/α-hetero) is 1. The van der Waals surface area contributed by atoms with Crippen molar-refractivity contribution in [3.63, 3.8) is 0 Å². The largest absolute Gasteiger partial charge is 0.386 e. The van der Waals surface area contributed by atoms with Gasteiger partial charge in [-0.3, -0.25) is 4.79 Å². The summed E-state index contributed by atoms with van der Waals surface area (Å²) in [5.74, 6) is 0.318. The fourth-order valence-electron chi connectivity index (χ4n) is 1.44. The minimum Gasteiger partial charge on any atom is -0.386 e. The van der Waals surface area contributed by atoms with Gasteiger partial charge in [-0.1, -0.05) is 0 Å². The van der Waals surface area contributed by atoms with Crippen molar-refractivity contribution in [3.05, 3.63) is 11.3 Å². The molecule has 0 aromatic carbocycles. The van der Waals surface area contributed by atoms with Gasteiger partial charge < -0.3 is 10.6 Å². The van der Waals surface area contributed by atoms with E-state index in [1.807, 2.05) is 0 Å². The van der Waals surface area contributed by atoms with Crippen molar-refractivity contribution in [1.29, 1.82) is 0 Å². The van der Waals surface area contributed by atoms with Crippen LogP contribution in [0, 0.1) is 0 Å². The summed E-state index contributed by atoms with van der Waals surface area (Å²) in [5, 5.41) is 6.34. The van der Waals surface area contributed by atoms with Crippen LogP contribution in [-0.4, -0.2) is 25.4 Å². The van der Waals surface area contributed by atoms with Crippen molar-refractivity contribution >= 4 is 5.78 Å². The summed E-state index contributed by atoms with van der Waals surface area (Å²) in [6.07, 6.45) is 0.667. The van der Waals surface area contributed by atoms with E-state index >= 15 is 0 Å². The Bertz CT molecular complexity index is 208. The van der Waals surface area contributed by atoms with E-state index in [-0.39, 0.29) is 0 Å². The Morgan fingerprint density at radius 2 is 2.20 bits per heavy atom. The normalized spacial score (nSPS) is 24.6. The third-order valence-electron chi connectivity index (χ3n) is 1.99. The van der Waals surface area contributed by atoms with Crippen molar-refractivity contribution in [3.8, 4) is 0 Å². The Labute approximate surface area is 59.5 Å². The Morgan fingerprint density at radius 1 is 1.30 bits per heavy atom. The smallest absolute Gasteiger partial charge is 0.163 e. The molecule has 0 unspecified atom stereocenters. The first kappa shape index (κ1) is 5.92. The Morgan fingerprint density at radius 3 is 3.00 bits per heavy atom. The summed E-state index contributed by atoms with van der Waals surface area (Å²) in [6, 6.07) is 0. The molecule has 0 aliphatic carbocycles. The molecule has 0 radical (unpaired) electrons. The average Bonchev–Trinajstić information content (AvgIpc) is 2.36. The van der Waals surface area contributed by atoms with E-state index in [0.717, 1.165) is 30.9 Å². The van der Waals surface area contributed by atoms with Gasteiger partial charge in [-0.15, -0.1) is 0 Å². The van der Waals surface area contributed by atoms with Crippen molar-refractivity contribution < 1.29 is 4.79 Å². The summed E-state index contributed by atoms with van der Waals surface area (Å²) < 4.78 is 0. The molecule has 0 aromatic heterocycles. The number of nitrogens with one attached hydrogen (secondary N) is 2. The highest BCUT2D eigenvalue weighted by molar-refractivity contribution is 5.97. The number of rotatable bonds is 0. The molecule has 3 heteroatoms. The molecule has 0 saturated heterocycles. The van der Waals surface area contributed by atoms with Crippen LogP contribution in [0.3, 0.4) is 0 Å². The van der Waals surface area contributed by atoms with Crippen LogP contribution in [0.15, 0.2) is 11.3 Å². The van der Waals surface area contributed by atoms with Crippen LogP contribution in [0.5, 0.6) is 0 Å². The zero-order valence-electron chi connectivity index (χ0n) is 5.74. The van der Waals surface area contributed by atoms with Crippen molar-refractivity contribution in [2.75, 3.05) is 19.6 Å². The summed E-state index contributed by atoms with van der Waals surface area (Å²) in [6.45, 7) is 2.43. The van der Waals surface area contributed by atoms with Gasteiger partial charge in [0.15, 0.2) is 5.78 Å². The first-order chi connectivity index (χ1) is 4.88. The van der Waals surface area contributed by atoms with E-state index in [1.54, 1.807) is 0 Å². The molecule has 0 bridgehead atoms. The van der Waals surface area contributed by atoms with E-state index in [1.165, 1.54) is 0 Å². The molecule has 0 amide bonds. The monoisotopic (exact) mass is 138 g/mol. The lowest BCUT2D eigenvalue weighted by Crippen LogP contribution is -2.26. The first-order valence-electron chi connectivity index (χ1n) is 3.58. The Hall–Kier alpha value is -0.830. The second kappa shape index (κ2) is 2.09. The predicted octanol–water partition coefficient (Wildman–Crippen LogP) is -0.594. The van der Waals surface area contributed by atoms with Crippen LogP contribution in [0.25, 0.3) is 0 Å². The maximum absolute atomic E-state index is 11.1. The zero-order chi connectivity index (χ0) is 6.97. The fourth-order valence-corrected chi connectivity index (χ4v) is 1.44. The molecule has 2 rings (SSSR count). The lowest BCUT2D eigenvalue weighted by atomic mass is 10.1. The van der Waals surface area contributed by atoms with Gasteiger partial charge in [0.05, 0.1) is 0 Å². The van der Waals surface area contributed by atoms with Crippen LogP contribution in [0.4, 0.5) is 0 Å². The molecule has 0 spiro atoms. The molecule has 2 aliphatic rings. The van der Waals surface area contributed by atoms with Crippen LogP contribution >= 0.6 is 0 Å². The van der Waals surface area contributed by atoms with Crippen LogP contribution in [0.2, 0.25) is 0 Å². The molecule has 2 N–H and O–H groups in total. The quantitative estimate of drug-likeness (QED) is 0.470. The second-order valence-corrected chi connectivity index (χ2v) is 2.66. The maximum Gasteiger partial charge on any atom is 0.163 e. The second-order valence-electron chi connectivity index (χ2n) is 2.66. The highest BCUT2D eigenvalue weighted by Gasteiger charge is 2.23. The number of hydrogen-bond acceptors (Lipinski definition) is 3. The molecule has 0 saturated carbocycles. The third kappa shape index (κ3) is 0.743. The highest BCUT2D eigenvalue weighted by atomic mass is 16.1. The molecule has 3 nitrogen and oxygen atoms in total. The topological polar surface area (TPSA) is 41.1 Å². The number of hydrogen-bond donors (Lipinski definition) is 2. The lowest BCUT2D eigenvalue weighted by Gasteiger charge is -2.13. The van der Waals surface area contributed by atoms with E-state index in [2.05, 4.69) is 10.6 Å². The van der Waals surface area contributed by atoms with Crippen molar-refractivity contribution in [1.82, 2.24) is 10.6 Å². The summed E-state index contributed by atoms with van der Waals surface area (Å²) >= 11 is 0. The van der Waals surface area contributed by atoms with Gasteiger partial charge >= 0.3 is 0 Å². The van der Waals surface area contributed by atoms with Gasteiger partial charge in [-0.05, 0) is 0 Å². The van der Waals surface area contributed by atoms with Gasteiger partial charge in [-0.2, -0.15) is 0 Å². The van der Waals surface area contributed by atoms with Gasteiger partial charge in [0.1, 0.15) is 0 Å². The zero-order valence-corrected chi connectivity index (χ0v) is 5.74. The highest BCUT2D eigenvalue weighted by Crippen LogP contribution is 2.13. The van der Waals surface area contributed by atoms with Gasteiger partial charge in [-0.25, -0.2) is 0 Å².